The molecule has 0 aliphatic carbocycles. The van der Waals surface area contributed by atoms with Crippen LogP contribution in [0.2, 0.25) is 0 Å². The second-order valence-corrected chi connectivity index (χ2v) is 4.78. The number of carbonyl (C=O) groups excluding carboxylic acids is 1. The van der Waals surface area contributed by atoms with E-state index in [-0.39, 0.29) is 17.1 Å². The molecule has 0 spiro atoms. The molecule has 0 saturated heterocycles. The van der Waals surface area contributed by atoms with E-state index in [1.807, 2.05) is 60.7 Å². The first kappa shape index (κ1) is 12.8. The van der Waals surface area contributed by atoms with Crippen molar-refractivity contribution in [2.24, 2.45) is 0 Å². The Morgan fingerprint density at radius 2 is 1.33 bits per heavy atom. The lowest BCUT2D eigenvalue weighted by Crippen LogP contribution is -2.14. The summed E-state index contributed by atoms with van der Waals surface area (Å²) < 4.78 is 0. The summed E-state index contributed by atoms with van der Waals surface area (Å²) >= 11 is 6.48. The Morgan fingerprint density at radius 1 is 0.889 bits per heavy atom. The first-order valence-corrected chi connectivity index (χ1v) is 6.38. The quantitative estimate of drug-likeness (QED) is 0.746. The maximum Gasteiger partial charge on any atom is 0.139 e. The first-order valence-electron chi connectivity index (χ1n) is 5.94. The van der Waals surface area contributed by atoms with Crippen LogP contribution in [0.4, 0.5) is 0 Å². The van der Waals surface area contributed by atoms with Gasteiger partial charge in [-0.15, -0.1) is 11.6 Å². The molecule has 0 amide bonds. The van der Waals surface area contributed by atoms with Crippen molar-refractivity contribution >= 4 is 17.4 Å². The molecule has 2 atom stereocenters. The summed E-state index contributed by atoms with van der Waals surface area (Å²) in [6, 6.07) is 19.4. The van der Waals surface area contributed by atoms with Gasteiger partial charge in [-0.2, -0.15) is 0 Å². The largest absolute Gasteiger partial charge is 0.299 e. The van der Waals surface area contributed by atoms with Crippen LogP contribution in [0.15, 0.2) is 60.7 Å². The highest BCUT2D eigenvalue weighted by atomic mass is 35.5. The lowest BCUT2D eigenvalue weighted by atomic mass is 9.88. The molecular weight excluding hydrogens is 244 g/mol. The van der Waals surface area contributed by atoms with Gasteiger partial charge < -0.3 is 0 Å². The van der Waals surface area contributed by atoms with Crippen LogP contribution < -0.4 is 0 Å². The minimum absolute atomic E-state index is 0.0880. The zero-order valence-corrected chi connectivity index (χ0v) is 11.0. The SMILES string of the molecule is CC(=O)[C@@H](c1ccccc1)[C@H](Cl)c1ccccc1. The summed E-state index contributed by atoms with van der Waals surface area (Å²) in [5, 5.41) is -0.328. The van der Waals surface area contributed by atoms with E-state index in [0.29, 0.717) is 0 Å². The highest BCUT2D eigenvalue weighted by molar-refractivity contribution is 6.23. The average Bonchev–Trinajstić information content (AvgIpc) is 2.40. The minimum atomic E-state index is -0.328. The maximum absolute atomic E-state index is 11.9. The molecule has 0 unspecified atom stereocenters. The molecule has 2 heteroatoms. The van der Waals surface area contributed by atoms with Crippen molar-refractivity contribution in [2.45, 2.75) is 18.2 Å². The number of rotatable bonds is 4. The van der Waals surface area contributed by atoms with Crippen LogP contribution in [0, 0.1) is 0 Å². The number of alkyl halides is 1. The van der Waals surface area contributed by atoms with Gasteiger partial charge in [-0.3, -0.25) is 4.79 Å². The van der Waals surface area contributed by atoms with Gasteiger partial charge in [-0.25, -0.2) is 0 Å². The zero-order chi connectivity index (χ0) is 13.0. The smallest absolute Gasteiger partial charge is 0.139 e. The highest BCUT2D eigenvalue weighted by Crippen LogP contribution is 2.36. The Balaban J connectivity index is 2.35. The Labute approximate surface area is 112 Å². The molecule has 0 aromatic heterocycles. The third-order valence-electron chi connectivity index (χ3n) is 3.01. The molecular formula is C16H15ClO. The second kappa shape index (κ2) is 5.83. The van der Waals surface area contributed by atoms with Gasteiger partial charge in [0.15, 0.2) is 0 Å². The molecule has 0 N–H and O–H groups in total. The zero-order valence-electron chi connectivity index (χ0n) is 10.2. The Morgan fingerprint density at radius 3 is 1.78 bits per heavy atom. The number of ketones is 1. The van der Waals surface area contributed by atoms with E-state index >= 15 is 0 Å². The molecule has 0 bridgehead atoms. The number of halogens is 1. The van der Waals surface area contributed by atoms with E-state index in [0.717, 1.165) is 11.1 Å². The second-order valence-electron chi connectivity index (χ2n) is 4.31. The van der Waals surface area contributed by atoms with Crippen LogP contribution in [0.5, 0.6) is 0 Å². The monoisotopic (exact) mass is 258 g/mol. The lowest BCUT2D eigenvalue weighted by molar-refractivity contribution is -0.118. The third-order valence-corrected chi connectivity index (χ3v) is 3.51. The fourth-order valence-corrected chi connectivity index (χ4v) is 2.57. The fourth-order valence-electron chi connectivity index (χ4n) is 2.10. The predicted octanol–water partition coefficient (Wildman–Crippen LogP) is 4.34. The molecule has 2 aromatic carbocycles. The topological polar surface area (TPSA) is 17.1 Å². The molecule has 0 radical (unpaired) electrons. The predicted molar refractivity (Wildman–Crippen MR) is 74.9 cm³/mol. The van der Waals surface area contributed by atoms with E-state index in [1.165, 1.54) is 0 Å². The lowest BCUT2D eigenvalue weighted by Gasteiger charge is -2.20. The first-order chi connectivity index (χ1) is 8.70. The van der Waals surface area contributed by atoms with Gasteiger partial charge in [-0.05, 0) is 18.1 Å². The summed E-state index contributed by atoms with van der Waals surface area (Å²) in [6.07, 6.45) is 0. The van der Waals surface area contributed by atoms with Crippen molar-refractivity contribution in [2.75, 3.05) is 0 Å². The number of hydrogen-bond donors (Lipinski definition) is 0. The fraction of sp³-hybridized carbons (Fsp3) is 0.188. The summed E-state index contributed by atoms with van der Waals surface area (Å²) in [7, 11) is 0. The highest BCUT2D eigenvalue weighted by Gasteiger charge is 2.26. The van der Waals surface area contributed by atoms with Gasteiger partial charge in [0.1, 0.15) is 5.78 Å². The Hall–Kier alpha value is -1.60. The molecule has 18 heavy (non-hydrogen) atoms. The van der Waals surface area contributed by atoms with Crippen LogP contribution in [0.1, 0.15) is 29.3 Å². The summed E-state index contributed by atoms with van der Waals surface area (Å²) in [5.41, 5.74) is 1.94. The third kappa shape index (κ3) is 2.80. The van der Waals surface area contributed by atoms with E-state index in [4.69, 9.17) is 11.6 Å². The average molecular weight is 259 g/mol. The summed E-state index contributed by atoms with van der Waals surface area (Å²) in [6.45, 7) is 1.59. The van der Waals surface area contributed by atoms with Crippen molar-refractivity contribution in [1.82, 2.24) is 0 Å². The summed E-state index contributed by atoms with van der Waals surface area (Å²) in [4.78, 5) is 11.9. The van der Waals surface area contributed by atoms with E-state index < -0.39 is 0 Å². The Kier molecular flexibility index (Phi) is 4.16. The van der Waals surface area contributed by atoms with E-state index in [1.54, 1.807) is 6.92 Å². The number of benzene rings is 2. The molecule has 0 saturated carbocycles. The molecule has 0 aliphatic rings. The van der Waals surface area contributed by atoms with Crippen LogP contribution in [-0.2, 0) is 4.79 Å². The summed E-state index contributed by atoms with van der Waals surface area (Å²) in [5.74, 6) is -0.208. The van der Waals surface area contributed by atoms with Crippen molar-refractivity contribution < 1.29 is 4.79 Å². The minimum Gasteiger partial charge on any atom is -0.299 e. The molecule has 1 nitrogen and oxygen atoms in total. The van der Waals surface area contributed by atoms with Crippen LogP contribution in [0.3, 0.4) is 0 Å². The van der Waals surface area contributed by atoms with Gasteiger partial charge in [0, 0.05) is 0 Å². The Bertz CT molecular complexity index is 507. The van der Waals surface area contributed by atoms with E-state index in [9.17, 15) is 4.79 Å². The number of Topliss-reactive ketones (excluding diaryl/α,β-unsaturated/α-hetero) is 1. The van der Waals surface area contributed by atoms with Crippen molar-refractivity contribution in [1.29, 1.82) is 0 Å². The van der Waals surface area contributed by atoms with Gasteiger partial charge in [0.05, 0.1) is 11.3 Å². The van der Waals surface area contributed by atoms with Gasteiger partial charge >= 0.3 is 0 Å². The van der Waals surface area contributed by atoms with E-state index in [2.05, 4.69) is 0 Å². The normalized spacial score (nSPS) is 13.9. The number of carbonyl (C=O) groups is 1. The molecule has 0 fully saturated rings. The van der Waals surface area contributed by atoms with Crippen LogP contribution in [-0.4, -0.2) is 5.78 Å². The molecule has 2 rings (SSSR count). The molecule has 2 aromatic rings. The van der Waals surface area contributed by atoms with Crippen LogP contribution in [0.25, 0.3) is 0 Å². The number of hydrogen-bond acceptors (Lipinski definition) is 1. The maximum atomic E-state index is 11.9. The standard InChI is InChI=1S/C16H15ClO/c1-12(18)15(13-8-4-2-5-9-13)16(17)14-10-6-3-7-11-14/h2-11,15-16H,1H3/t15-,16+/m0/s1. The van der Waals surface area contributed by atoms with Crippen molar-refractivity contribution in [3.63, 3.8) is 0 Å². The molecule has 92 valence electrons. The van der Waals surface area contributed by atoms with Crippen LogP contribution >= 0.6 is 11.6 Å². The molecule has 0 aliphatic heterocycles. The van der Waals surface area contributed by atoms with Gasteiger partial charge in [0.2, 0.25) is 0 Å². The van der Waals surface area contributed by atoms with Gasteiger partial charge in [0.25, 0.3) is 0 Å². The van der Waals surface area contributed by atoms with Crippen molar-refractivity contribution in [3.8, 4) is 0 Å². The molecule has 0 heterocycles. The van der Waals surface area contributed by atoms with Crippen molar-refractivity contribution in [3.05, 3.63) is 71.8 Å². The van der Waals surface area contributed by atoms with Gasteiger partial charge in [-0.1, -0.05) is 60.7 Å².